The predicted molar refractivity (Wildman–Crippen MR) is 68.4 cm³/mol. The van der Waals surface area contributed by atoms with Gasteiger partial charge in [-0.05, 0) is 30.0 Å². The summed E-state index contributed by atoms with van der Waals surface area (Å²) in [7, 11) is 0. The number of amides is 1. The highest BCUT2D eigenvalue weighted by Gasteiger charge is 2.29. The molecule has 1 saturated heterocycles. The Hall–Kier alpha value is -0.830. The lowest BCUT2D eigenvalue weighted by atomic mass is 10.0. The van der Waals surface area contributed by atoms with Crippen LogP contribution in [0.15, 0.2) is 28.7 Å². The Kier molecular flexibility index (Phi) is 3.33. The third-order valence-electron chi connectivity index (χ3n) is 3.35. The molecule has 2 unspecified atom stereocenters. The molecule has 0 radical (unpaired) electrons. The number of carbonyl (C=O) groups excluding carboxylic acids is 1. The SMILES string of the molecule is CC1CN(C(=O)c2cccc(Br)c2)CC1C. The standard InChI is InChI=1S/C13H16BrNO/c1-9-7-15(8-10(9)2)13(16)11-4-3-5-12(14)6-11/h3-6,9-10H,7-8H2,1-2H3. The monoisotopic (exact) mass is 281 g/mol. The van der Waals surface area contributed by atoms with Crippen molar-refractivity contribution in [2.75, 3.05) is 13.1 Å². The second-order valence-electron chi connectivity index (χ2n) is 4.68. The van der Waals surface area contributed by atoms with Crippen molar-refractivity contribution in [1.29, 1.82) is 0 Å². The van der Waals surface area contributed by atoms with Crippen LogP contribution < -0.4 is 0 Å². The number of likely N-dealkylation sites (tertiary alicyclic amines) is 1. The van der Waals surface area contributed by atoms with E-state index in [2.05, 4.69) is 29.8 Å². The van der Waals surface area contributed by atoms with E-state index in [9.17, 15) is 4.79 Å². The molecular formula is C13H16BrNO. The lowest BCUT2D eigenvalue weighted by molar-refractivity contribution is 0.0785. The van der Waals surface area contributed by atoms with Gasteiger partial charge in [0.2, 0.25) is 0 Å². The molecule has 1 amide bonds. The zero-order valence-electron chi connectivity index (χ0n) is 9.61. The second kappa shape index (κ2) is 4.58. The molecule has 0 bridgehead atoms. The zero-order valence-corrected chi connectivity index (χ0v) is 11.2. The minimum Gasteiger partial charge on any atom is -0.338 e. The summed E-state index contributed by atoms with van der Waals surface area (Å²) in [6, 6.07) is 7.60. The van der Waals surface area contributed by atoms with E-state index in [0.29, 0.717) is 11.8 Å². The van der Waals surface area contributed by atoms with Gasteiger partial charge in [-0.15, -0.1) is 0 Å². The normalized spacial score (nSPS) is 24.8. The van der Waals surface area contributed by atoms with Gasteiger partial charge in [0.25, 0.3) is 5.91 Å². The first kappa shape index (κ1) is 11.6. The minimum absolute atomic E-state index is 0.150. The summed E-state index contributed by atoms with van der Waals surface area (Å²) in [5.41, 5.74) is 0.774. The van der Waals surface area contributed by atoms with Crippen LogP contribution in [-0.2, 0) is 0 Å². The maximum atomic E-state index is 12.2. The summed E-state index contributed by atoms with van der Waals surface area (Å²) in [5, 5.41) is 0. The van der Waals surface area contributed by atoms with Crippen LogP contribution in [-0.4, -0.2) is 23.9 Å². The quantitative estimate of drug-likeness (QED) is 0.774. The van der Waals surface area contributed by atoms with Crippen LogP contribution in [0.3, 0.4) is 0 Å². The molecule has 86 valence electrons. The Morgan fingerprint density at radius 3 is 2.50 bits per heavy atom. The third kappa shape index (κ3) is 2.29. The molecule has 0 saturated carbocycles. The number of rotatable bonds is 1. The molecule has 0 spiro atoms. The average Bonchev–Trinajstić information content (AvgIpc) is 2.58. The van der Waals surface area contributed by atoms with Crippen molar-refractivity contribution in [3.8, 4) is 0 Å². The molecule has 1 aliphatic heterocycles. The molecule has 2 atom stereocenters. The largest absolute Gasteiger partial charge is 0.338 e. The highest BCUT2D eigenvalue weighted by Crippen LogP contribution is 2.24. The fourth-order valence-corrected chi connectivity index (χ4v) is 2.50. The Morgan fingerprint density at radius 2 is 1.94 bits per heavy atom. The van der Waals surface area contributed by atoms with Gasteiger partial charge in [-0.2, -0.15) is 0 Å². The maximum absolute atomic E-state index is 12.2. The number of carbonyl (C=O) groups is 1. The molecule has 1 heterocycles. The van der Waals surface area contributed by atoms with Gasteiger partial charge in [0, 0.05) is 23.1 Å². The topological polar surface area (TPSA) is 20.3 Å². The fourth-order valence-electron chi connectivity index (χ4n) is 2.10. The van der Waals surface area contributed by atoms with Gasteiger partial charge in [0.05, 0.1) is 0 Å². The molecule has 0 aromatic heterocycles. The van der Waals surface area contributed by atoms with Gasteiger partial charge >= 0.3 is 0 Å². The summed E-state index contributed by atoms with van der Waals surface area (Å²) < 4.78 is 0.957. The smallest absolute Gasteiger partial charge is 0.253 e. The summed E-state index contributed by atoms with van der Waals surface area (Å²) in [6.45, 7) is 6.18. The molecule has 0 N–H and O–H groups in total. The van der Waals surface area contributed by atoms with Crippen molar-refractivity contribution in [3.05, 3.63) is 34.3 Å². The number of benzene rings is 1. The molecular weight excluding hydrogens is 266 g/mol. The molecule has 1 aliphatic rings. The van der Waals surface area contributed by atoms with E-state index in [1.54, 1.807) is 0 Å². The van der Waals surface area contributed by atoms with E-state index >= 15 is 0 Å². The lowest BCUT2D eigenvalue weighted by Crippen LogP contribution is -2.28. The van der Waals surface area contributed by atoms with Crippen molar-refractivity contribution < 1.29 is 4.79 Å². The van der Waals surface area contributed by atoms with Crippen LogP contribution in [0, 0.1) is 11.8 Å². The zero-order chi connectivity index (χ0) is 11.7. The van der Waals surface area contributed by atoms with Crippen LogP contribution in [0.25, 0.3) is 0 Å². The lowest BCUT2D eigenvalue weighted by Gasteiger charge is -2.16. The number of nitrogens with zero attached hydrogens (tertiary/aromatic N) is 1. The Bertz CT molecular complexity index is 395. The molecule has 1 aromatic rings. The van der Waals surface area contributed by atoms with E-state index in [0.717, 1.165) is 23.1 Å². The van der Waals surface area contributed by atoms with Gasteiger partial charge in [0.15, 0.2) is 0 Å². The van der Waals surface area contributed by atoms with E-state index < -0.39 is 0 Å². The van der Waals surface area contributed by atoms with Crippen molar-refractivity contribution >= 4 is 21.8 Å². The second-order valence-corrected chi connectivity index (χ2v) is 5.59. The molecule has 0 aliphatic carbocycles. The summed E-state index contributed by atoms with van der Waals surface area (Å²) >= 11 is 3.39. The van der Waals surface area contributed by atoms with Crippen LogP contribution in [0.1, 0.15) is 24.2 Å². The maximum Gasteiger partial charge on any atom is 0.253 e. The summed E-state index contributed by atoms with van der Waals surface area (Å²) in [5.74, 6) is 1.37. The molecule has 2 nitrogen and oxygen atoms in total. The molecule has 1 aromatic carbocycles. The number of hydrogen-bond donors (Lipinski definition) is 0. The van der Waals surface area contributed by atoms with E-state index in [4.69, 9.17) is 0 Å². The van der Waals surface area contributed by atoms with E-state index in [-0.39, 0.29) is 5.91 Å². The molecule has 3 heteroatoms. The molecule has 1 fully saturated rings. The first-order valence-electron chi connectivity index (χ1n) is 5.63. The van der Waals surface area contributed by atoms with Crippen LogP contribution in [0.5, 0.6) is 0 Å². The summed E-state index contributed by atoms with van der Waals surface area (Å²) in [4.78, 5) is 14.2. The van der Waals surface area contributed by atoms with Crippen LogP contribution in [0.2, 0.25) is 0 Å². The highest BCUT2D eigenvalue weighted by molar-refractivity contribution is 9.10. The number of halogens is 1. The fraction of sp³-hybridized carbons (Fsp3) is 0.462. The Labute approximate surface area is 105 Å². The van der Waals surface area contributed by atoms with E-state index in [1.165, 1.54) is 0 Å². The molecule has 16 heavy (non-hydrogen) atoms. The third-order valence-corrected chi connectivity index (χ3v) is 3.84. The minimum atomic E-state index is 0.150. The van der Waals surface area contributed by atoms with Crippen molar-refractivity contribution in [2.24, 2.45) is 11.8 Å². The van der Waals surface area contributed by atoms with Gasteiger partial charge in [-0.25, -0.2) is 0 Å². The summed E-state index contributed by atoms with van der Waals surface area (Å²) in [6.07, 6.45) is 0. The van der Waals surface area contributed by atoms with Crippen molar-refractivity contribution in [2.45, 2.75) is 13.8 Å². The average molecular weight is 282 g/mol. The predicted octanol–water partition coefficient (Wildman–Crippen LogP) is 3.18. The number of hydrogen-bond acceptors (Lipinski definition) is 1. The van der Waals surface area contributed by atoms with Crippen molar-refractivity contribution in [1.82, 2.24) is 4.90 Å². The molecule has 2 rings (SSSR count). The van der Waals surface area contributed by atoms with Crippen molar-refractivity contribution in [3.63, 3.8) is 0 Å². The van der Waals surface area contributed by atoms with Crippen LogP contribution in [0.4, 0.5) is 0 Å². The van der Waals surface area contributed by atoms with Gasteiger partial charge < -0.3 is 4.90 Å². The first-order chi connectivity index (χ1) is 7.58. The van der Waals surface area contributed by atoms with Gasteiger partial charge in [-0.3, -0.25) is 4.79 Å². The highest BCUT2D eigenvalue weighted by atomic mass is 79.9. The Morgan fingerprint density at radius 1 is 1.31 bits per heavy atom. The first-order valence-corrected chi connectivity index (χ1v) is 6.42. The van der Waals surface area contributed by atoms with Gasteiger partial charge in [-0.1, -0.05) is 35.8 Å². The van der Waals surface area contributed by atoms with Gasteiger partial charge in [0.1, 0.15) is 0 Å². The van der Waals surface area contributed by atoms with E-state index in [1.807, 2.05) is 29.2 Å². The Balaban J connectivity index is 2.14. The van der Waals surface area contributed by atoms with Crippen LogP contribution >= 0.6 is 15.9 Å².